The van der Waals surface area contributed by atoms with Gasteiger partial charge in [0.1, 0.15) is 0 Å². The first-order valence-corrected chi connectivity index (χ1v) is 10.1. The number of rotatable bonds is 9. The van der Waals surface area contributed by atoms with Gasteiger partial charge >= 0.3 is 5.97 Å². The SMILES string of the molecule is COC(=O)CCCCCNC(=S)N/N=C(/C)c1ccc(N2CCOCC2)cc1. The van der Waals surface area contributed by atoms with Gasteiger partial charge in [-0.15, -0.1) is 0 Å². The van der Waals surface area contributed by atoms with Gasteiger partial charge in [-0.25, -0.2) is 0 Å². The van der Waals surface area contributed by atoms with Crippen molar-refractivity contribution in [3.63, 3.8) is 0 Å². The zero-order valence-electron chi connectivity index (χ0n) is 16.7. The first-order valence-electron chi connectivity index (χ1n) is 9.68. The summed E-state index contributed by atoms with van der Waals surface area (Å²) in [5.74, 6) is -0.159. The lowest BCUT2D eigenvalue weighted by Gasteiger charge is -2.28. The maximum absolute atomic E-state index is 11.0. The third-order valence-electron chi connectivity index (χ3n) is 4.56. The fourth-order valence-electron chi connectivity index (χ4n) is 2.85. The number of morpholine rings is 1. The van der Waals surface area contributed by atoms with Crippen molar-refractivity contribution in [2.75, 3.05) is 44.9 Å². The number of carbonyl (C=O) groups excluding carboxylic acids is 1. The van der Waals surface area contributed by atoms with Gasteiger partial charge in [-0.1, -0.05) is 18.6 Å². The van der Waals surface area contributed by atoms with Crippen LogP contribution in [-0.2, 0) is 14.3 Å². The Morgan fingerprint density at radius 3 is 2.61 bits per heavy atom. The number of hydrazone groups is 1. The van der Waals surface area contributed by atoms with Crippen molar-refractivity contribution in [3.05, 3.63) is 29.8 Å². The molecule has 1 aliphatic heterocycles. The molecule has 2 rings (SSSR count). The minimum absolute atomic E-state index is 0.159. The Hall–Kier alpha value is -2.19. The average molecular weight is 407 g/mol. The number of anilines is 1. The van der Waals surface area contributed by atoms with Crippen LogP contribution >= 0.6 is 12.2 Å². The van der Waals surface area contributed by atoms with Gasteiger partial charge in [0.25, 0.3) is 0 Å². The Bertz CT molecular complexity index is 658. The molecule has 1 saturated heterocycles. The third kappa shape index (κ3) is 7.82. The Kier molecular flexibility index (Phi) is 9.71. The van der Waals surface area contributed by atoms with Crippen LogP contribution in [0.15, 0.2) is 29.4 Å². The van der Waals surface area contributed by atoms with Crippen LogP contribution in [0.25, 0.3) is 0 Å². The molecule has 0 bridgehead atoms. The molecule has 1 heterocycles. The summed E-state index contributed by atoms with van der Waals surface area (Å²) >= 11 is 5.24. The standard InChI is InChI=1S/C20H30N4O3S/c1-16(17-7-9-18(10-8-17)24-12-14-27-15-13-24)22-23-20(28)21-11-5-3-4-6-19(25)26-2/h7-10H,3-6,11-15H2,1-2H3,(H2,21,23,28)/b22-16-. The van der Waals surface area contributed by atoms with Crippen molar-refractivity contribution in [3.8, 4) is 0 Å². The monoisotopic (exact) mass is 406 g/mol. The van der Waals surface area contributed by atoms with Crippen LogP contribution in [0, 0.1) is 0 Å². The number of hydrogen-bond acceptors (Lipinski definition) is 6. The second kappa shape index (κ2) is 12.3. The highest BCUT2D eigenvalue weighted by Gasteiger charge is 2.11. The van der Waals surface area contributed by atoms with Crippen LogP contribution in [0.1, 0.15) is 38.2 Å². The van der Waals surface area contributed by atoms with E-state index in [9.17, 15) is 4.79 Å². The maximum atomic E-state index is 11.0. The van der Waals surface area contributed by atoms with Gasteiger partial charge in [0.15, 0.2) is 5.11 Å². The smallest absolute Gasteiger partial charge is 0.305 e. The molecule has 1 fully saturated rings. The molecule has 154 valence electrons. The molecule has 0 aromatic heterocycles. The average Bonchev–Trinajstić information content (AvgIpc) is 2.75. The van der Waals surface area contributed by atoms with E-state index in [0.717, 1.165) is 63.4 Å². The highest BCUT2D eigenvalue weighted by atomic mass is 32.1. The Morgan fingerprint density at radius 2 is 1.93 bits per heavy atom. The molecule has 7 nitrogen and oxygen atoms in total. The van der Waals surface area contributed by atoms with Crippen molar-refractivity contribution in [1.82, 2.24) is 10.7 Å². The zero-order valence-corrected chi connectivity index (χ0v) is 17.5. The Labute approximate surface area is 172 Å². The summed E-state index contributed by atoms with van der Waals surface area (Å²) in [4.78, 5) is 13.3. The Morgan fingerprint density at radius 1 is 1.21 bits per heavy atom. The van der Waals surface area contributed by atoms with Gasteiger partial charge in [-0.2, -0.15) is 5.10 Å². The van der Waals surface area contributed by atoms with Gasteiger partial charge in [0, 0.05) is 31.7 Å². The normalized spacial score (nSPS) is 14.5. The number of carbonyl (C=O) groups is 1. The molecule has 0 saturated carbocycles. The van der Waals surface area contributed by atoms with E-state index in [2.05, 4.69) is 49.7 Å². The van der Waals surface area contributed by atoms with E-state index >= 15 is 0 Å². The summed E-state index contributed by atoms with van der Waals surface area (Å²) in [5, 5.41) is 7.97. The van der Waals surface area contributed by atoms with Crippen LogP contribution < -0.4 is 15.6 Å². The van der Waals surface area contributed by atoms with E-state index in [0.29, 0.717) is 11.5 Å². The van der Waals surface area contributed by atoms with Crippen LogP contribution in [0.5, 0.6) is 0 Å². The minimum atomic E-state index is -0.159. The topological polar surface area (TPSA) is 75.2 Å². The lowest BCUT2D eigenvalue weighted by atomic mass is 10.1. The molecule has 0 amide bonds. The van der Waals surface area contributed by atoms with Crippen LogP contribution in [0.3, 0.4) is 0 Å². The number of thiocarbonyl (C=S) groups is 1. The molecular formula is C20H30N4O3S. The number of nitrogens with one attached hydrogen (secondary N) is 2. The molecule has 2 N–H and O–H groups in total. The number of esters is 1. The van der Waals surface area contributed by atoms with Gasteiger partial charge in [0.05, 0.1) is 26.0 Å². The Balaban J connectivity index is 1.68. The number of benzene rings is 1. The number of nitrogens with zero attached hydrogens (tertiary/aromatic N) is 2. The van der Waals surface area contributed by atoms with E-state index in [1.807, 2.05) is 6.92 Å². The van der Waals surface area contributed by atoms with Crippen molar-refractivity contribution < 1.29 is 14.3 Å². The van der Waals surface area contributed by atoms with Gasteiger partial charge in [0.2, 0.25) is 0 Å². The highest BCUT2D eigenvalue weighted by Crippen LogP contribution is 2.17. The summed E-state index contributed by atoms with van der Waals surface area (Å²) < 4.78 is 10.0. The van der Waals surface area contributed by atoms with E-state index in [1.165, 1.54) is 12.8 Å². The lowest BCUT2D eigenvalue weighted by Crippen LogP contribution is -2.36. The van der Waals surface area contributed by atoms with E-state index in [4.69, 9.17) is 17.0 Å². The summed E-state index contributed by atoms with van der Waals surface area (Å²) in [7, 11) is 1.41. The van der Waals surface area contributed by atoms with Crippen LogP contribution in [0.4, 0.5) is 5.69 Å². The van der Waals surface area contributed by atoms with Crippen molar-refractivity contribution >= 4 is 34.7 Å². The van der Waals surface area contributed by atoms with Crippen molar-refractivity contribution in [2.24, 2.45) is 5.10 Å². The first-order chi connectivity index (χ1) is 13.6. The molecular weight excluding hydrogens is 376 g/mol. The summed E-state index contributed by atoms with van der Waals surface area (Å²) in [6.07, 6.45) is 3.17. The van der Waals surface area contributed by atoms with Crippen molar-refractivity contribution in [1.29, 1.82) is 0 Å². The molecule has 0 aliphatic carbocycles. The predicted octanol–water partition coefficient (Wildman–Crippen LogP) is 2.44. The highest BCUT2D eigenvalue weighted by molar-refractivity contribution is 7.80. The largest absolute Gasteiger partial charge is 0.469 e. The van der Waals surface area contributed by atoms with Gasteiger partial charge < -0.3 is 19.7 Å². The first kappa shape index (κ1) is 22.1. The molecule has 0 unspecified atom stereocenters. The fraction of sp³-hybridized carbons (Fsp3) is 0.550. The molecule has 0 radical (unpaired) electrons. The molecule has 28 heavy (non-hydrogen) atoms. The quantitative estimate of drug-likeness (QED) is 0.214. The van der Waals surface area contributed by atoms with Crippen LogP contribution in [0.2, 0.25) is 0 Å². The van der Waals surface area contributed by atoms with E-state index in [1.54, 1.807) is 0 Å². The third-order valence-corrected chi connectivity index (χ3v) is 4.79. The number of unbranched alkanes of at least 4 members (excludes halogenated alkanes) is 2. The fourth-order valence-corrected chi connectivity index (χ4v) is 3.00. The van der Waals surface area contributed by atoms with Crippen LogP contribution in [-0.4, -0.2) is 56.8 Å². The summed E-state index contributed by atoms with van der Waals surface area (Å²) in [6, 6.07) is 8.38. The molecule has 0 atom stereocenters. The second-order valence-corrected chi connectivity index (χ2v) is 7.01. The maximum Gasteiger partial charge on any atom is 0.305 e. The number of methoxy groups -OCH3 is 1. The zero-order chi connectivity index (χ0) is 20.2. The van der Waals surface area contributed by atoms with E-state index in [-0.39, 0.29) is 5.97 Å². The summed E-state index contributed by atoms with van der Waals surface area (Å²) in [6.45, 7) is 6.11. The molecule has 1 aromatic carbocycles. The lowest BCUT2D eigenvalue weighted by molar-refractivity contribution is -0.140. The molecule has 8 heteroatoms. The number of ether oxygens (including phenoxy) is 2. The molecule has 1 aliphatic rings. The van der Waals surface area contributed by atoms with Gasteiger partial charge in [-0.3, -0.25) is 10.2 Å². The number of hydrogen-bond donors (Lipinski definition) is 2. The molecule has 1 aromatic rings. The second-order valence-electron chi connectivity index (χ2n) is 6.60. The van der Waals surface area contributed by atoms with Crippen molar-refractivity contribution in [2.45, 2.75) is 32.6 Å². The minimum Gasteiger partial charge on any atom is -0.469 e. The van der Waals surface area contributed by atoms with Gasteiger partial charge in [-0.05, 0) is 49.7 Å². The predicted molar refractivity (Wildman–Crippen MR) is 116 cm³/mol. The summed E-state index contributed by atoms with van der Waals surface area (Å²) in [5.41, 5.74) is 6.01. The molecule has 0 spiro atoms. The van der Waals surface area contributed by atoms with E-state index < -0.39 is 0 Å².